The Balaban J connectivity index is 0.000000310. The highest BCUT2D eigenvalue weighted by Gasteiger charge is 2.24. The average molecular weight is 187 g/mol. The predicted molar refractivity (Wildman–Crippen MR) is 53.8 cm³/mol. The molecule has 1 saturated carbocycles. The molecule has 0 aromatic rings. The zero-order valence-corrected chi connectivity index (χ0v) is 8.88. The van der Waals surface area contributed by atoms with E-state index in [1.807, 2.05) is 14.0 Å². The van der Waals surface area contributed by atoms with Crippen molar-refractivity contribution in [2.24, 2.45) is 5.92 Å². The maximum atomic E-state index is 10.3. The van der Waals surface area contributed by atoms with Crippen LogP contribution in [0.3, 0.4) is 0 Å². The number of aldehydes is 1. The van der Waals surface area contributed by atoms with Crippen LogP contribution >= 0.6 is 0 Å². The Hall–Kier alpha value is -0.410. The molecule has 1 fully saturated rings. The SMILES string of the molecule is CCOC.CNC1CCCC1C=O. The van der Waals surface area contributed by atoms with E-state index < -0.39 is 0 Å². The number of methoxy groups -OCH3 is 1. The summed E-state index contributed by atoms with van der Waals surface area (Å²) in [6.07, 6.45) is 4.53. The van der Waals surface area contributed by atoms with Gasteiger partial charge < -0.3 is 14.8 Å². The van der Waals surface area contributed by atoms with Crippen LogP contribution in [0, 0.1) is 5.92 Å². The third-order valence-corrected chi connectivity index (χ3v) is 2.40. The Morgan fingerprint density at radius 2 is 2.15 bits per heavy atom. The molecule has 0 aliphatic heterocycles. The molecule has 2 atom stereocenters. The number of carbonyl (C=O) groups excluding carboxylic acids is 1. The van der Waals surface area contributed by atoms with Crippen LogP contribution in [0.25, 0.3) is 0 Å². The second kappa shape index (κ2) is 8.20. The van der Waals surface area contributed by atoms with Crippen molar-refractivity contribution in [1.82, 2.24) is 5.32 Å². The molecule has 0 aromatic carbocycles. The second-order valence-corrected chi connectivity index (χ2v) is 3.20. The lowest BCUT2D eigenvalue weighted by Gasteiger charge is -2.11. The highest BCUT2D eigenvalue weighted by Crippen LogP contribution is 2.22. The number of rotatable bonds is 3. The van der Waals surface area contributed by atoms with Gasteiger partial charge in [-0.1, -0.05) is 6.42 Å². The van der Waals surface area contributed by atoms with E-state index >= 15 is 0 Å². The summed E-state index contributed by atoms with van der Waals surface area (Å²) in [5.74, 6) is 0.287. The Labute approximate surface area is 80.8 Å². The molecule has 0 aromatic heterocycles. The van der Waals surface area contributed by atoms with Crippen molar-refractivity contribution in [3.8, 4) is 0 Å². The molecule has 1 rings (SSSR count). The van der Waals surface area contributed by atoms with Crippen molar-refractivity contribution < 1.29 is 9.53 Å². The topological polar surface area (TPSA) is 38.3 Å². The van der Waals surface area contributed by atoms with Crippen LogP contribution in [-0.2, 0) is 9.53 Å². The fourth-order valence-electron chi connectivity index (χ4n) is 1.51. The summed E-state index contributed by atoms with van der Waals surface area (Å²) < 4.78 is 4.54. The quantitative estimate of drug-likeness (QED) is 0.675. The summed E-state index contributed by atoms with van der Waals surface area (Å²) in [6.45, 7) is 2.78. The van der Waals surface area contributed by atoms with E-state index in [0.717, 1.165) is 19.3 Å². The third kappa shape index (κ3) is 5.01. The minimum atomic E-state index is 0.287. The minimum Gasteiger partial charge on any atom is -0.385 e. The van der Waals surface area contributed by atoms with Gasteiger partial charge in [0, 0.05) is 25.7 Å². The largest absolute Gasteiger partial charge is 0.385 e. The molecular formula is C10H21NO2. The lowest BCUT2D eigenvalue weighted by molar-refractivity contribution is -0.111. The molecule has 2 unspecified atom stereocenters. The van der Waals surface area contributed by atoms with E-state index in [1.54, 1.807) is 7.11 Å². The van der Waals surface area contributed by atoms with E-state index in [9.17, 15) is 4.79 Å². The van der Waals surface area contributed by atoms with Gasteiger partial charge in [0.05, 0.1) is 0 Å². The van der Waals surface area contributed by atoms with Crippen molar-refractivity contribution in [1.29, 1.82) is 0 Å². The molecule has 3 nitrogen and oxygen atoms in total. The fraction of sp³-hybridized carbons (Fsp3) is 0.900. The molecule has 0 radical (unpaired) electrons. The average Bonchev–Trinajstić information content (AvgIpc) is 2.65. The van der Waals surface area contributed by atoms with Gasteiger partial charge in [0.1, 0.15) is 6.29 Å². The van der Waals surface area contributed by atoms with Gasteiger partial charge in [-0.05, 0) is 26.8 Å². The molecule has 78 valence electrons. The first kappa shape index (κ1) is 12.6. The van der Waals surface area contributed by atoms with Crippen molar-refractivity contribution in [3.05, 3.63) is 0 Å². The summed E-state index contributed by atoms with van der Waals surface area (Å²) >= 11 is 0. The van der Waals surface area contributed by atoms with Gasteiger partial charge in [-0.2, -0.15) is 0 Å². The van der Waals surface area contributed by atoms with E-state index in [0.29, 0.717) is 6.04 Å². The number of hydrogen-bond acceptors (Lipinski definition) is 3. The van der Waals surface area contributed by atoms with Gasteiger partial charge in [-0.25, -0.2) is 0 Å². The van der Waals surface area contributed by atoms with Crippen LogP contribution in [-0.4, -0.2) is 33.1 Å². The molecule has 0 heterocycles. The van der Waals surface area contributed by atoms with Crippen LogP contribution in [0.5, 0.6) is 0 Å². The Kier molecular flexibility index (Phi) is 7.94. The van der Waals surface area contributed by atoms with E-state index in [-0.39, 0.29) is 5.92 Å². The van der Waals surface area contributed by atoms with Crippen molar-refractivity contribution in [2.45, 2.75) is 32.2 Å². The molecule has 0 bridgehead atoms. The molecule has 0 amide bonds. The fourth-order valence-corrected chi connectivity index (χ4v) is 1.51. The van der Waals surface area contributed by atoms with Gasteiger partial charge in [-0.3, -0.25) is 0 Å². The van der Waals surface area contributed by atoms with Crippen molar-refractivity contribution in [2.75, 3.05) is 20.8 Å². The first-order valence-corrected chi connectivity index (χ1v) is 4.91. The van der Waals surface area contributed by atoms with Gasteiger partial charge in [0.15, 0.2) is 0 Å². The maximum Gasteiger partial charge on any atom is 0.124 e. The van der Waals surface area contributed by atoms with Gasteiger partial charge >= 0.3 is 0 Å². The number of nitrogens with one attached hydrogen (secondary N) is 1. The molecular weight excluding hydrogens is 166 g/mol. The predicted octanol–water partition coefficient (Wildman–Crippen LogP) is 1.23. The summed E-state index contributed by atoms with van der Waals surface area (Å²) in [7, 11) is 3.60. The normalized spacial score (nSPS) is 26.4. The molecule has 0 spiro atoms. The molecule has 13 heavy (non-hydrogen) atoms. The number of hydrogen-bond donors (Lipinski definition) is 1. The summed E-state index contributed by atoms with van der Waals surface area (Å²) in [4.78, 5) is 10.3. The smallest absolute Gasteiger partial charge is 0.124 e. The third-order valence-electron chi connectivity index (χ3n) is 2.40. The number of ether oxygens (including phenoxy) is 1. The van der Waals surface area contributed by atoms with Gasteiger partial charge in [0.25, 0.3) is 0 Å². The summed E-state index contributed by atoms with van der Waals surface area (Å²) in [6, 6.07) is 0.461. The second-order valence-electron chi connectivity index (χ2n) is 3.20. The zero-order valence-electron chi connectivity index (χ0n) is 8.88. The Bertz CT molecular complexity index is 126. The first-order valence-electron chi connectivity index (χ1n) is 4.91. The minimum absolute atomic E-state index is 0.287. The standard InChI is InChI=1S/C7H13NO.C3H8O/c1-8-7-4-2-3-6(7)5-9;1-3-4-2/h5-8H,2-4H2,1H3;3H2,1-2H3. The maximum absolute atomic E-state index is 10.3. The van der Waals surface area contributed by atoms with Crippen LogP contribution in [0.1, 0.15) is 26.2 Å². The van der Waals surface area contributed by atoms with Crippen LogP contribution < -0.4 is 5.32 Å². The zero-order chi connectivity index (χ0) is 10.1. The van der Waals surface area contributed by atoms with E-state index in [2.05, 4.69) is 10.1 Å². The summed E-state index contributed by atoms with van der Waals surface area (Å²) in [5.41, 5.74) is 0. The number of carbonyl (C=O) groups is 1. The van der Waals surface area contributed by atoms with Crippen molar-refractivity contribution in [3.63, 3.8) is 0 Å². The van der Waals surface area contributed by atoms with Crippen LogP contribution in [0.2, 0.25) is 0 Å². The first-order chi connectivity index (χ1) is 6.29. The van der Waals surface area contributed by atoms with Crippen molar-refractivity contribution >= 4 is 6.29 Å². The Morgan fingerprint density at radius 1 is 1.54 bits per heavy atom. The van der Waals surface area contributed by atoms with Gasteiger partial charge in [-0.15, -0.1) is 0 Å². The highest BCUT2D eigenvalue weighted by atomic mass is 16.5. The summed E-state index contributed by atoms with van der Waals surface area (Å²) in [5, 5.41) is 3.13. The van der Waals surface area contributed by atoms with Crippen LogP contribution in [0.4, 0.5) is 0 Å². The molecule has 1 aliphatic carbocycles. The molecule has 3 heteroatoms. The molecule has 1 aliphatic rings. The van der Waals surface area contributed by atoms with Crippen LogP contribution in [0.15, 0.2) is 0 Å². The lowest BCUT2D eigenvalue weighted by atomic mass is 10.1. The molecule has 0 saturated heterocycles. The van der Waals surface area contributed by atoms with Gasteiger partial charge in [0.2, 0.25) is 0 Å². The van der Waals surface area contributed by atoms with E-state index in [1.165, 1.54) is 12.8 Å². The lowest BCUT2D eigenvalue weighted by Crippen LogP contribution is -2.29. The Morgan fingerprint density at radius 3 is 2.46 bits per heavy atom. The van der Waals surface area contributed by atoms with E-state index in [4.69, 9.17) is 0 Å². The highest BCUT2D eigenvalue weighted by molar-refractivity contribution is 5.55. The monoisotopic (exact) mass is 187 g/mol. The molecule has 1 N–H and O–H groups in total.